The molecule has 1 aliphatic carbocycles. The zero-order chi connectivity index (χ0) is 15.2. The Labute approximate surface area is 120 Å². The molecule has 5 nitrogen and oxygen atoms in total. The second-order valence-electron chi connectivity index (χ2n) is 6.71. The fourth-order valence-electron chi connectivity index (χ4n) is 3.14. The number of amides is 1. The van der Waals surface area contributed by atoms with E-state index in [0.29, 0.717) is 6.42 Å². The summed E-state index contributed by atoms with van der Waals surface area (Å²) in [7, 11) is 0. The number of aliphatic hydroxyl groups excluding tert-OH is 1. The van der Waals surface area contributed by atoms with Gasteiger partial charge in [-0.2, -0.15) is 0 Å². The van der Waals surface area contributed by atoms with Gasteiger partial charge in [-0.15, -0.1) is 0 Å². The van der Waals surface area contributed by atoms with E-state index in [4.69, 9.17) is 10.2 Å². The number of rotatable bonds is 7. The third-order valence-corrected chi connectivity index (χ3v) is 4.19. The molecule has 5 heteroatoms. The summed E-state index contributed by atoms with van der Waals surface area (Å²) in [5.41, 5.74) is -0.839. The Kier molecular flexibility index (Phi) is 5.99. The van der Waals surface area contributed by atoms with E-state index in [2.05, 4.69) is 5.32 Å². The molecule has 1 rings (SSSR count). The molecule has 3 N–H and O–H groups in total. The molecule has 0 radical (unpaired) electrons. The number of hydrogen-bond donors (Lipinski definition) is 3. The van der Waals surface area contributed by atoms with E-state index in [-0.39, 0.29) is 30.8 Å². The number of carbonyl (C=O) groups is 2. The minimum absolute atomic E-state index is 0.0214. The molecule has 0 spiro atoms. The molecule has 0 aromatic carbocycles. The van der Waals surface area contributed by atoms with Gasteiger partial charge < -0.3 is 15.5 Å². The maximum atomic E-state index is 12.2. The highest BCUT2D eigenvalue weighted by Gasteiger charge is 2.37. The minimum atomic E-state index is -0.825. The van der Waals surface area contributed by atoms with Crippen molar-refractivity contribution in [2.24, 2.45) is 5.41 Å². The Balaban J connectivity index is 2.65. The second-order valence-corrected chi connectivity index (χ2v) is 6.71. The molecule has 0 aliphatic heterocycles. The van der Waals surface area contributed by atoms with Crippen LogP contribution in [0.15, 0.2) is 0 Å². The van der Waals surface area contributed by atoms with Crippen LogP contribution in [0.1, 0.15) is 65.2 Å². The predicted octanol–water partition coefficient (Wildman–Crippen LogP) is 2.08. The number of aliphatic carboxylic acids is 1. The highest BCUT2D eigenvalue weighted by molar-refractivity contribution is 5.78. The van der Waals surface area contributed by atoms with Crippen LogP contribution in [0.4, 0.5) is 0 Å². The number of hydrogen-bond acceptors (Lipinski definition) is 3. The fraction of sp³-hybridized carbons (Fsp3) is 0.867. The Morgan fingerprint density at radius 2 is 1.75 bits per heavy atom. The Bertz CT molecular complexity index is 346. The lowest BCUT2D eigenvalue weighted by Crippen LogP contribution is -2.46. The smallest absolute Gasteiger partial charge is 0.303 e. The van der Waals surface area contributed by atoms with E-state index in [0.717, 1.165) is 32.1 Å². The maximum absolute atomic E-state index is 12.2. The summed E-state index contributed by atoms with van der Waals surface area (Å²) in [4.78, 5) is 23.3. The van der Waals surface area contributed by atoms with Gasteiger partial charge in [0.2, 0.25) is 5.91 Å². The van der Waals surface area contributed by atoms with E-state index < -0.39 is 11.5 Å². The lowest BCUT2D eigenvalue weighted by Gasteiger charge is -2.36. The summed E-state index contributed by atoms with van der Waals surface area (Å²) in [5, 5.41) is 21.0. The quantitative estimate of drug-likeness (QED) is 0.668. The average molecular weight is 285 g/mol. The van der Waals surface area contributed by atoms with Crippen molar-refractivity contribution in [3.05, 3.63) is 0 Å². The molecule has 1 aliphatic rings. The summed E-state index contributed by atoms with van der Waals surface area (Å²) in [6, 6.07) is 0. The third-order valence-electron chi connectivity index (χ3n) is 4.19. The van der Waals surface area contributed by atoms with Gasteiger partial charge in [0.1, 0.15) is 0 Å². The summed E-state index contributed by atoms with van der Waals surface area (Å²) in [5.74, 6) is -0.930. The summed E-state index contributed by atoms with van der Waals surface area (Å²) in [6.07, 6.45) is 5.58. The van der Waals surface area contributed by atoms with Crippen molar-refractivity contribution in [1.29, 1.82) is 0 Å². The van der Waals surface area contributed by atoms with Crippen LogP contribution in [-0.2, 0) is 9.59 Å². The largest absolute Gasteiger partial charge is 0.481 e. The number of carbonyl (C=O) groups excluding carboxylic acids is 1. The number of nitrogens with one attached hydrogen (secondary N) is 1. The molecule has 20 heavy (non-hydrogen) atoms. The van der Waals surface area contributed by atoms with Crippen LogP contribution in [0.5, 0.6) is 0 Å². The third kappa shape index (κ3) is 5.49. The normalized spacial score (nSPS) is 18.6. The summed E-state index contributed by atoms with van der Waals surface area (Å²) < 4.78 is 0. The van der Waals surface area contributed by atoms with Gasteiger partial charge in [0.25, 0.3) is 0 Å². The van der Waals surface area contributed by atoms with Crippen molar-refractivity contribution in [2.75, 3.05) is 6.61 Å². The van der Waals surface area contributed by atoms with E-state index >= 15 is 0 Å². The van der Waals surface area contributed by atoms with Gasteiger partial charge in [0, 0.05) is 18.6 Å². The monoisotopic (exact) mass is 285 g/mol. The fourth-order valence-corrected chi connectivity index (χ4v) is 3.14. The van der Waals surface area contributed by atoms with Gasteiger partial charge in [-0.05, 0) is 38.5 Å². The second kappa shape index (κ2) is 7.07. The van der Waals surface area contributed by atoms with Crippen LogP contribution < -0.4 is 5.32 Å². The van der Waals surface area contributed by atoms with Gasteiger partial charge in [0.05, 0.1) is 6.42 Å². The Hall–Kier alpha value is -1.10. The lowest BCUT2D eigenvalue weighted by molar-refractivity contribution is -0.141. The maximum Gasteiger partial charge on any atom is 0.303 e. The molecule has 0 atom stereocenters. The van der Waals surface area contributed by atoms with Crippen LogP contribution >= 0.6 is 0 Å². The van der Waals surface area contributed by atoms with E-state index in [1.165, 1.54) is 0 Å². The SMILES string of the molecule is CC(C)(CCO)NC(=O)CC1(CC(=O)O)CCCCC1. The molecule has 1 saturated carbocycles. The number of carboxylic acids is 1. The molecule has 0 aromatic rings. The van der Waals surface area contributed by atoms with Crippen LogP contribution in [-0.4, -0.2) is 34.2 Å². The molecule has 0 bridgehead atoms. The van der Waals surface area contributed by atoms with E-state index in [1.807, 2.05) is 13.8 Å². The first-order valence-corrected chi connectivity index (χ1v) is 7.42. The highest BCUT2D eigenvalue weighted by Crippen LogP contribution is 2.42. The first kappa shape index (κ1) is 17.0. The first-order valence-electron chi connectivity index (χ1n) is 7.42. The molecule has 0 aromatic heterocycles. The van der Waals surface area contributed by atoms with Gasteiger partial charge >= 0.3 is 5.97 Å². The average Bonchev–Trinajstić information content (AvgIpc) is 2.26. The van der Waals surface area contributed by atoms with Crippen molar-refractivity contribution in [1.82, 2.24) is 5.32 Å². The molecule has 1 amide bonds. The molecule has 0 unspecified atom stereocenters. The first-order chi connectivity index (χ1) is 9.29. The Morgan fingerprint density at radius 1 is 1.15 bits per heavy atom. The minimum Gasteiger partial charge on any atom is -0.481 e. The van der Waals surface area contributed by atoms with Crippen molar-refractivity contribution >= 4 is 11.9 Å². The number of carboxylic acid groups (broad SMARTS) is 1. The Morgan fingerprint density at radius 3 is 2.25 bits per heavy atom. The molecule has 0 heterocycles. The molecular weight excluding hydrogens is 258 g/mol. The van der Waals surface area contributed by atoms with Crippen LogP contribution in [0.25, 0.3) is 0 Å². The van der Waals surface area contributed by atoms with Crippen LogP contribution in [0, 0.1) is 5.41 Å². The van der Waals surface area contributed by atoms with Crippen LogP contribution in [0.3, 0.4) is 0 Å². The molecular formula is C15H27NO4. The lowest BCUT2D eigenvalue weighted by atomic mass is 9.69. The van der Waals surface area contributed by atoms with Crippen LogP contribution in [0.2, 0.25) is 0 Å². The predicted molar refractivity (Wildman–Crippen MR) is 76.3 cm³/mol. The molecule has 116 valence electrons. The zero-order valence-electron chi connectivity index (χ0n) is 12.6. The van der Waals surface area contributed by atoms with Crippen molar-refractivity contribution < 1.29 is 19.8 Å². The van der Waals surface area contributed by atoms with Crippen molar-refractivity contribution in [2.45, 2.75) is 70.8 Å². The van der Waals surface area contributed by atoms with Gasteiger partial charge in [-0.3, -0.25) is 9.59 Å². The topological polar surface area (TPSA) is 86.6 Å². The summed E-state index contributed by atoms with van der Waals surface area (Å²) >= 11 is 0. The van der Waals surface area contributed by atoms with E-state index in [1.54, 1.807) is 0 Å². The van der Waals surface area contributed by atoms with Gasteiger partial charge in [-0.1, -0.05) is 19.3 Å². The molecule has 1 fully saturated rings. The van der Waals surface area contributed by atoms with Crippen molar-refractivity contribution in [3.8, 4) is 0 Å². The number of aliphatic hydroxyl groups is 1. The van der Waals surface area contributed by atoms with Gasteiger partial charge in [0.15, 0.2) is 0 Å². The standard InChI is InChI=1S/C15H27NO4/c1-14(2,8-9-17)16-12(18)10-15(11-13(19)20)6-4-3-5-7-15/h17H,3-11H2,1-2H3,(H,16,18)(H,19,20). The summed E-state index contributed by atoms with van der Waals surface area (Å²) in [6.45, 7) is 3.76. The van der Waals surface area contributed by atoms with Crippen molar-refractivity contribution in [3.63, 3.8) is 0 Å². The molecule has 0 saturated heterocycles. The van der Waals surface area contributed by atoms with E-state index in [9.17, 15) is 9.59 Å². The highest BCUT2D eigenvalue weighted by atomic mass is 16.4. The zero-order valence-corrected chi connectivity index (χ0v) is 12.6. The van der Waals surface area contributed by atoms with Gasteiger partial charge in [-0.25, -0.2) is 0 Å².